The van der Waals surface area contributed by atoms with Crippen molar-refractivity contribution >= 4 is 34.6 Å². The van der Waals surface area contributed by atoms with E-state index in [1.807, 2.05) is 16.8 Å². The van der Waals surface area contributed by atoms with Crippen LogP contribution in [0, 0.1) is 6.92 Å². The summed E-state index contributed by atoms with van der Waals surface area (Å²) in [5.41, 5.74) is 1.58. The van der Waals surface area contributed by atoms with Crippen LogP contribution >= 0.6 is 22.7 Å². The Morgan fingerprint density at radius 2 is 2.20 bits per heavy atom. The Balaban J connectivity index is 1.58. The summed E-state index contributed by atoms with van der Waals surface area (Å²) in [5, 5.41) is 4.70. The lowest BCUT2D eigenvalue weighted by Crippen LogP contribution is -2.30. The first-order valence-corrected chi connectivity index (χ1v) is 9.24. The van der Waals surface area contributed by atoms with Crippen molar-refractivity contribution in [3.05, 3.63) is 51.6 Å². The molecule has 0 aliphatic rings. The first kappa shape index (κ1) is 17.4. The second-order valence-corrected chi connectivity index (χ2v) is 7.13. The van der Waals surface area contributed by atoms with Gasteiger partial charge in [-0.05, 0) is 30.5 Å². The Bertz CT molecular complexity index is 853. The summed E-state index contributed by atoms with van der Waals surface area (Å²) in [6.45, 7) is 1.76. The average molecular weight is 376 g/mol. The topological polar surface area (TPSA) is 72.6 Å². The minimum Gasteiger partial charge on any atom is -0.467 e. The minimum absolute atomic E-state index is 0.301. The van der Waals surface area contributed by atoms with E-state index in [0.717, 1.165) is 10.6 Å². The van der Waals surface area contributed by atoms with Gasteiger partial charge in [-0.25, -0.2) is 9.78 Å². The molecule has 3 heterocycles. The standard InChI is InChI=1S/C17H16N2O4S2/c1-11-15(25-16(18-11)12-5-7-24-10-12)17(21)23-9-14(20)19(2)8-13-4-3-6-22-13/h3-7,10H,8-9H2,1-2H3. The highest BCUT2D eigenvalue weighted by Gasteiger charge is 2.20. The number of likely N-dealkylation sites (N-methyl/N-ethyl adjacent to an activating group) is 1. The molecule has 0 bridgehead atoms. The van der Waals surface area contributed by atoms with E-state index >= 15 is 0 Å². The highest BCUT2D eigenvalue weighted by Crippen LogP contribution is 2.29. The second kappa shape index (κ2) is 7.62. The molecule has 25 heavy (non-hydrogen) atoms. The fourth-order valence-corrected chi connectivity index (χ4v) is 3.79. The number of esters is 1. The van der Waals surface area contributed by atoms with Crippen LogP contribution in [0.5, 0.6) is 0 Å². The van der Waals surface area contributed by atoms with Crippen molar-refractivity contribution in [2.75, 3.05) is 13.7 Å². The molecule has 0 aromatic carbocycles. The van der Waals surface area contributed by atoms with Gasteiger partial charge in [0.1, 0.15) is 15.6 Å². The van der Waals surface area contributed by atoms with Crippen molar-refractivity contribution in [1.29, 1.82) is 0 Å². The largest absolute Gasteiger partial charge is 0.467 e. The van der Waals surface area contributed by atoms with E-state index in [1.54, 1.807) is 43.7 Å². The predicted molar refractivity (Wildman–Crippen MR) is 95.6 cm³/mol. The van der Waals surface area contributed by atoms with E-state index < -0.39 is 5.97 Å². The number of hydrogen-bond acceptors (Lipinski definition) is 7. The van der Waals surface area contributed by atoms with E-state index in [0.29, 0.717) is 22.9 Å². The van der Waals surface area contributed by atoms with Crippen LogP contribution in [0.3, 0.4) is 0 Å². The number of amides is 1. The number of hydrogen-bond donors (Lipinski definition) is 0. The first-order chi connectivity index (χ1) is 12.0. The summed E-state index contributed by atoms with van der Waals surface area (Å²) >= 11 is 2.84. The van der Waals surface area contributed by atoms with E-state index in [1.165, 1.54) is 16.2 Å². The molecule has 0 saturated heterocycles. The van der Waals surface area contributed by atoms with Gasteiger partial charge in [-0.1, -0.05) is 0 Å². The Labute approximate surface area is 152 Å². The molecular formula is C17H16N2O4S2. The minimum atomic E-state index is -0.531. The quantitative estimate of drug-likeness (QED) is 0.615. The highest BCUT2D eigenvalue weighted by atomic mass is 32.1. The van der Waals surface area contributed by atoms with Crippen molar-refractivity contribution in [3.8, 4) is 10.6 Å². The molecule has 0 aliphatic carbocycles. The lowest BCUT2D eigenvalue weighted by molar-refractivity contribution is -0.133. The number of carbonyl (C=O) groups is 2. The Morgan fingerprint density at radius 3 is 2.88 bits per heavy atom. The molecule has 0 radical (unpaired) electrons. The SMILES string of the molecule is Cc1nc(-c2ccsc2)sc1C(=O)OCC(=O)N(C)Cc1ccco1. The molecule has 0 unspecified atom stereocenters. The molecule has 8 heteroatoms. The lowest BCUT2D eigenvalue weighted by atomic mass is 10.3. The molecule has 3 aromatic rings. The normalized spacial score (nSPS) is 10.6. The summed E-state index contributed by atoms with van der Waals surface area (Å²) in [6.07, 6.45) is 1.55. The van der Waals surface area contributed by atoms with Crippen LogP contribution in [0.2, 0.25) is 0 Å². The molecule has 0 spiro atoms. The number of furan rings is 1. The molecule has 0 fully saturated rings. The zero-order valence-electron chi connectivity index (χ0n) is 13.7. The van der Waals surface area contributed by atoms with Gasteiger partial charge in [0.05, 0.1) is 18.5 Å². The molecule has 6 nitrogen and oxygen atoms in total. The number of rotatable bonds is 6. The lowest BCUT2D eigenvalue weighted by Gasteiger charge is -2.15. The van der Waals surface area contributed by atoms with Gasteiger partial charge < -0.3 is 14.1 Å². The van der Waals surface area contributed by atoms with E-state index in [9.17, 15) is 9.59 Å². The van der Waals surface area contributed by atoms with Gasteiger partial charge in [0.25, 0.3) is 5.91 Å². The summed E-state index contributed by atoms with van der Waals surface area (Å²) in [7, 11) is 1.63. The first-order valence-electron chi connectivity index (χ1n) is 7.48. The van der Waals surface area contributed by atoms with Crippen molar-refractivity contribution < 1.29 is 18.7 Å². The number of ether oxygens (including phenoxy) is 1. The number of aromatic nitrogens is 1. The van der Waals surface area contributed by atoms with Gasteiger partial charge >= 0.3 is 5.97 Å². The zero-order valence-corrected chi connectivity index (χ0v) is 15.4. The van der Waals surface area contributed by atoms with Crippen LogP contribution in [0.1, 0.15) is 21.1 Å². The summed E-state index contributed by atoms with van der Waals surface area (Å²) in [5.74, 6) is -0.165. The molecule has 0 atom stereocenters. The van der Waals surface area contributed by atoms with Crippen LogP contribution in [-0.2, 0) is 16.1 Å². The van der Waals surface area contributed by atoms with Gasteiger partial charge in [-0.15, -0.1) is 11.3 Å². The molecule has 0 aliphatic heterocycles. The molecule has 3 rings (SSSR count). The number of thiophene rings is 1. The Kier molecular flexibility index (Phi) is 5.30. The number of thiazole rings is 1. The summed E-state index contributed by atoms with van der Waals surface area (Å²) in [4.78, 5) is 30.6. The maximum absolute atomic E-state index is 12.3. The fourth-order valence-electron chi connectivity index (χ4n) is 2.12. The average Bonchev–Trinajstić information content (AvgIpc) is 3.33. The van der Waals surface area contributed by atoms with Gasteiger partial charge in [-0.2, -0.15) is 11.3 Å². The van der Waals surface area contributed by atoms with Crippen molar-refractivity contribution in [1.82, 2.24) is 9.88 Å². The van der Waals surface area contributed by atoms with Crippen LogP contribution < -0.4 is 0 Å². The second-order valence-electron chi connectivity index (χ2n) is 5.35. The maximum atomic E-state index is 12.3. The van der Waals surface area contributed by atoms with E-state index in [-0.39, 0.29) is 12.5 Å². The number of aryl methyl sites for hydroxylation is 1. The van der Waals surface area contributed by atoms with Crippen molar-refractivity contribution in [2.24, 2.45) is 0 Å². The van der Waals surface area contributed by atoms with Crippen LogP contribution in [0.15, 0.2) is 39.6 Å². The highest BCUT2D eigenvalue weighted by molar-refractivity contribution is 7.17. The molecule has 1 amide bonds. The number of nitrogens with zero attached hydrogens (tertiary/aromatic N) is 2. The van der Waals surface area contributed by atoms with E-state index in [2.05, 4.69) is 4.98 Å². The smallest absolute Gasteiger partial charge is 0.350 e. The predicted octanol–water partition coefficient (Wildman–Crippen LogP) is 3.59. The van der Waals surface area contributed by atoms with Crippen LogP contribution in [0.25, 0.3) is 10.6 Å². The third kappa shape index (κ3) is 4.15. The van der Waals surface area contributed by atoms with Gasteiger partial charge in [0, 0.05) is 18.0 Å². The Hall–Kier alpha value is -2.45. The third-order valence-electron chi connectivity index (χ3n) is 3.48. The molecular weight excluding hydrogens is 360 g/mol. The van der Waals surface area contributed by atoms with Gasteiger partial charge in [0.2, 0.25) is 0 Å². The Morgan fingerprint density at radius 1 is 1.36 bits per heavy atom. The van der Waals surface area contributed by atoms with Gasteiger partial charge in [0.15, 0.2) is 6.61 Å². The number of carbonyl (C=O) groups excluding carboxylic acids is 2. The summed E-state index contributed by atoms with van der Waals surface area (Å²) < 4.78 is 10.3. The van der Waals surface area contributed by atoms with Crippen LogP contribution in [-0.4, -0.2) is 35.4 Å². The van der Waals surface area contributed by atoms with Gasteiger partial charge in [-0.3, -0.25) is 4.79 Å². The maximum Gasteiger partial charge on any atom is 0.350 e. The summed E-state index contributed by atoms with van der Waals surface area (Å²) in [6, 6.07) is 5.49. The zero-order chi connectivity index (χ0) is 17.8. The van der Waals surface area contributed by atoms with Crippen molar-refractivity contribution in [3.63, 3.8) is 0 Å². The molecule has 0 N–H and O–H groups in total. The fraction of sp³-hybridized carbons (Fsp3) is 0.235. The van der Waals surface area contributed by atoms with Crippen LogP contribution in [0.4, 0.5) is 0 Å². The van der Waals surface area contributed by atoms with Crippen molar-refractivity contribution in [2.45, 2.75) is 13.5 Å². The third-order valence-corrected chi connectivity index (χ3v) is 5.35. The molecule has 130 valence electrons. The van der Waals surface area contributed by atoms with E-state index in [4.69, 9.17) is 9.15 Å². The molecule has 3 aromatic heterocycles. The monoisotopic (exact) mass is 376 g/mol. The molecule has 0 saturated carbocycles.